The predicted octanol–water partition coefficient (Wildman–Crippen LogP) is 5.23. The SMILES string of the molecule is Cc1cc(C(C)Nc2cccnc2C(=O)O)c2oc(-c3nn(C)c4ccccc34)c(C)c(=O)c2c1. The van der Waals surface area contributed by atoms with Gasteiger partial charge in [0.1, 0.15) is 11.3 Å². The summed E-state index contributed by atoms with van der Waals surface area (Å²) in [7, 11) is 1.86. The smallest absolute Gasteiger partial charge is 0.356 e. The molecule has 8 heteroatoms. The monoisotopic (exact) mass is 468 g/mol. The summed E-state index contributed by atoms with van der Waals surface area (Å²) in [5.74, 6) is -0.704. The van der Waals surface area contributed by atoms with Crippen LogP contribution in [0.3, 0.4) is 0 Å². The van der Waals surface area contributed by atoms with E-state index in [0.29, 0.717) is 33.7 Å². The molecular formula is C27H24N4O4. The van der Waals surface area contributed by atoms with E-state index in [0.717, 1.165) is 22.0 Å². The molecule has 0 radical (unpaired) electrons. The van der Waals surface area contributed by atoms with Crippen molar-refractivity contribution in [3.8, 4) is 11.5 Å². The number of aryl methyl sites for hydroxylation is 2. The van der Waals surface area contributed by atoms with Crippen molar-refractivity contribution in [3.63, 3.8) is 0 Å². The van der Waals surface area contributed by atoms with Crippen LogP contribution in [0.15, 0.2) is 63.9 Å². The van der Waals surface area contributed by atoms with Gasteiger partial charge in [-0.1, -0.05) is 24.3 Å². The van der Waals surface area contributed by atoms with E-state index in [4.69, 9.17) is 4.42 Å². The lowest BCUT2D eigenvalue weighted by molar-refractivity contribution is 0.0691. The largest absolute Gasteiger partial charge is 0.476 e. The minimum absolute atomic E-state index is 0.0748. The zero-order valence-electron chi connectivity index (χ0n) is 19.8. The van der Waals surface area contributed by atoms with Gasteiger partial charge in [0, 0.05) is 29.8 Å². The molecule has 0 saturated heterocycles. The Kier molecular flexibility index (Phi) is 5.36. The van der Waals surface area contributed by atoms with Crippen molar-refractivity contribution in [1.82, 2.24) is 14.8 Å². The average molecular weight is 469 g/mol. The lowest BCUT2D eigenvalue weighted by Gasteiger charge is -2.19. The van der Waals surface area contributed by atoms with Crippen LogP contribution < -0.4 is 10.7 Å². The van der Waals surface area contributed by atoms with Crippen molar-refractivity contribution in [2.45, 2.75) is 26.8 Å². The minimum atomic E-state index is -1.12. The number of nitrogens with zero attached hydrogens (tertiary/aromatic N) is 3. The molecule has 0 saturated carbocycles. The lowest BCUT2D eigenvalue weighted by atomic mass is 9.99. The first-order chi connectivity index (χ1) is 16.8. The Morgan fingerprint density at radius 2 is 1.89 bits per heavy atom. The highest BCUT2D eigenvalue weighted by atomic mass is 16.4. The van der Waals surface area contributed by atoms with Crippen LogP contribution in [0.5, 0.6) is 0 Å². The Morgan fingerprint density at radius 1 is 1.11 bits per heavy atom. The summed E-state index contributed by atoms with van der Waals surface area (Å²) in [6.45, 7) is 5.56. The van der Waals surface area contributed by atoms with Crippen LogP contribution in [0, 0.1) is 13.8 Å². The summed E-state index contributed by atoms with van der Waals surface area (Å²) in [4.78, 5) is 29.1. The van der Waals surface area contributed by atoms with Crippen LogP contribution in [-0.2, 0) is 7.05 Å². The zero-order chi connectivity index (χ0) is 24.9. The van der Waals surface area contributed by atoms with E-state index in [1.54, 1.807) is 23.7 Å². The average Bonchev–Trinajstić information content (AvgIpc) is 3.17. The molecule has 3 aromatic heterocycles. The molecule has 176 valence electrons. The van der Waals surface area contributed by atoms with Gasteiger partial charge in [-0.3, -0.25) is 9.48 Å². The normalized spacial score (nSPS) is 12.2. The summed E-state index contributed by atoms with van der Waals surface area (Å²) >= 11 is 0. The third-order valence-corrected chi connectivity index (χ3v) is 6.21. The second-order valence-electron chi connectivity index (χ2n) is 8.68. The van der Waals surface area contributed by atoms with E-state index >= 15 is 0 Å². The molecule has 3 heterocycles. The summed E-state index contributed by atoms with van der Waals surface area (Å²) < 4.78 is 8.22. The molecule has 2 N–H and O–H groups in total. The maximum absolute atomic E-state index is 13.5. The lowest BCUT2D eigenvalue weighted by Crippen LogP contribution is -2.14. The Bertz CT molecular complexity index is 1680. The number of fused-ring (bicyclic) bond motifs is 2. The number of hydrogen-bond donors (Lipinski definition) is 2. The fourth-order valence-electron chi connectivity index (χ4n) is 4.50. The molecule has 0 aliphatic rings. The Balaban J connectivity index is 1.72. The van der Waals surface area contributed by atoms with Gasteiger partial charge in [-0.05, 0) is 50.6 Å². The third kappa shape index (κ3) is 3.73. The molecule has 1 atom stereocenters. The molecule has 0 bridgehead atoms. The first-order valence-corrected chi connectivity index (χ1v) is 11.2. The molecule has 8 nitrogen and oxygen atoms in total. The summed E-state index contributed by atoms with van der Waals surface area (Å²) in [5, 5.41) is 18.8. The molecule has 0 aliphatic carbocycles. The zero-order valence-corrected chi connectivity index (χ0v) is 19.8. The van der Waals surface area contributed by atoms with Gasteiger partial charge in [0.25, 0.3) is 0 Å². The number of para-hydroxylation sites is 1. The molecule has 35 heavy (non-hydrogen) atoms. The van der Waals surface area contributed by atoms with Crippen LogP contribution in [0.1, 0.15) is 40.1 Å². The maximum atomic E-state index is 13.5. The molecule has 0 spiro atoms. The first kappa shape index (κ1) is 22.3. The molecule has 0 fully saturated rings. The molecular weight excluding hydrogens is 444 g/mol. The minimum Gasteiger partial charge on any atom is -0.476 e. The highest BCUT2D eigenvalue weighted by molar-refractivity contribution is 5.94. The van der Waals surface area contributed by atoms with Crippen molar-refractivity contribution in [3.05, 3.63) is 87.3 Å². The predicted molar refractivity (Wildman–Crippen MR) is 135 cm³/mol. The summed E-state index contributed by atoms with van der Waals surface area (Å²) in [6.07, 6.45) is 1.44. The van der Waals surface area contributed by atoms with Crippen molar-refractivity contribution in [2.24, 2.45) is 7.05 Å². The number of carbonyl (C=O) groups is 1. The number of pyridine rings is 1. The molecule has 0 amide bonds. The van der Waals surface area contributed by atoms with Crippen molar-refractivity contribution in [1.29, 1.82) is 0 Å². The van der Waals surface area contributed by atoms with Gasteiger partial charge in [-0.2, -0.15) is 5.10 Å². The van der Waals surface area contributed by atoms with Crippen LogP contribution >= 0.6 is 0 Å². The van der Waals surface area contributed by atoms with Gasteiger partial charge in [-0.25, -0.2) is 9.78 Å². The number of hydrogen-bond acceptors (Lipinski definition) is 6. The van der Waals surface area contributed by atoms with Crippen LogP contribution in [-0.4, -0.2) is 25.8 Å². The summed E-state index contributed by atoms with van der Waals surface area (Å²) in [5.41, 5.74) is 4.28. The number of aromatic carboxylic acids is 1. The quantitative estimate of drug-likeness (QED) is 0.363. The Hall–Kier alpha value is -4.46. The molecule has 2 aromatic carbocycles. The van der Waals surface area contributed by atoms with E-state index in [-0.39, 0.29) is 17.2 Å². The standard InChI is InChI=1S/C27H24N4O4/c1-14-12-18(16(3)29-20-9-7-11-28-23(20)27(33)34)26-19(13-14)24(32)15(2)25(35-26)22-17-8-5-6-10-21(17)31(4)30-22/h5-13,16,29H,1-4H3,(H,33,34). The van der Waals surface area contributed by atoms with Crippen LogP contribution in [0.2, 0.25) is 0 Å². The van der Waals surface area contributed by atoms with Gasteiger partial charge >= 0.3 is 5.97 Å². The van der Waals surface area contributed by atoms with E-state index in [9.17, 15) is 14.7 Å². The van der Waals surface area contributed by atoms with E-state index < -0.39 is 5.97 Å². The van der Waals surface area contributed by atoms with Gasteiger partial charge in [0.15, 0.2) is 16.9 Å². The van der Waals surface area contributed by atoms with Gasteiger partial charge in [0.2, 0.25) is 0 Å². The van der Waals surface area contributed by atoms with E-state index in [2.05, 4.69) is 15.4 Å². The molecule has 5 rings (SSSR count). The summed E-state index contributed by atoms with van der Waals surface area (Å²) in [6, 6.07) is 14.5. The topological polar surface area (TPSA) is 110 Å². The highest BCUT2D eigenvalue weighted by Crippen LogP contribution is 2.34. The number of anilines is 1. The second kappa shape index (κ2) is 8.39. The van der Waals surface area contributed by atoms with Gasteiger partial charge < -0.3 is 14.8 Å². The van der Waals surface area contributed by atoms with Gasteiger partial charge in [-0.15, -0.1) is 0 Å². The number of benzene rings is 2. The number of carboxylic acid groups (broad SMARTS) is 1. The Morgan fingerprint density at radius 3 is 2.66 bits per heavy atom. The molecule has 0 aliphatic heterocycles. The van der Waals surface area contributed by atoms with E-state index in [1.807, 2.05) is 57.3 Å². The highest BCUT2D eigenvalue weighted by Gasteiger charge is 2.23. The number of rotatable bonds is 5. The van der Waals surface area contributed by atoms with Crippen molar-refractivity contribution < 1.29 is 14.3 Å². The van der Waals surface area contributed by atoms with Crippen molar-refractivity contribution in [2.75, 3.05) is 5.32 Å². The molecule has 5 aromatic rings. The van der Waals surface area contributed by atoms with Gasteiger partial charge in [0.05, 0.1) is 22.6 Å². The Labute approximate surface area is 200 Å². The first-order valence-electron chi connectivity index (χ1n) is 11.2. The number of nitrogens with one attached hydrogen (secondary N) is 1. The fourth-order valence-corrected chi connectivity index (χ4v) is 4.50. The van der Waals surface area contributed by atoms with E-state index in [1.165, 1.54) is 6.20 Å². The fraction of sp³-hybridized carbons (Fsp3) is 0.185. The van der Waals surface area contributed by atoms with Crippen LogP contribution in [0.25, 0.3) is 33.3 Å². The van der Waals surface area contributed by atoms with Crippen molar-refractivity contribution >= 4 is 33.5 Å². The number of aromatic nitrogens is 3. The molecule has 1 unspecified atom stereocenters. The van der Waals surface area contributed by atoms with Crippen LogP contribution in [0.4, 0.5) is 5.69 Å². The maximum Gasteiger partial charge on any atom is 0.356 e. The number of carboxylic acids is 1. The third-order valence-electron chi connectivity index (χ3n) is 6.21. The second-order valence-corrected chi connectivity index (χ2v) is 8.68.